The molecule has 0 unspecified atom stereocenters. The minimum Gasteiger partial charge on any atom is -0.493 e. The third-order valence-electron chi connectivity index (χ3n) is 14.3. The van der Waals surface area contributed by atoms with E-state index in [4.69, 9.17) is 9.47 Å². The molecule has 5 aromatic rings. The van der Waals surface area contributed by atoms with E-state index in [0.717, 1.165) is 49.1 Å². The molecule has 0 N–H and O–H groups in total. The van der Waals surface area contributed by atoms with Gasteiger partial charge >= 0.3 is 0 Å². The van der Waals surface area contributed by atoms with Gasteiger partial charge in [-0.15, -0.1) is 0 Å². The Balaban J connectivity index is 1.08. The van der Waals surface area contributed by atoms with Gasteiger partial charge in [0, 0.05) is 45.9 Å². The summed E-state index contributed by atoms with van der Waals surface area (Å²) in [5.74, 6) is 4.79. The molecule has 11 rings (SSSR count). The highest BCUT2D eigenvalue weighted by molar-refractivity contribution is 7.80. The van der Waals surface area contributed by atoms with Crippen LogP contribution < -0.4 is 9.47 Å². The average molecular weight is 835 g/mol. The molecule has 4 heteroatoms. The zero-order valence-corrected chi connectivity index (χ0v) is 37.6. The SMILES string of the molecule is SCCCCCCCCCCCOc1c2c(c(OCCCCCCCCCCCS)c3c1C1c4ccccc4C3c3ccccc31)C1c3ccccc3C2c2ccccc21. The van der Waals surface area contributed by atoms with Crippen LogP contribution in [0.25, 0.3) is 0 Å². The summed E-state index contributed by atoms with van der Waals surface area (Å²) < 4.78 is 14.9. The van der Waals surface area contributed by atoms with Crippen LogP contribution in [0.1, 0.15) is 206 Å². The van der Waals surface area contributed by atoms with Crippen LogP contribution in [-0.2, 0) is 0 Å². The van der Waals surface area contributed by atoms with E-state index in [1.165, 1.54) is 169 Å². The van der Waals surface area contributed by atoms with Crippen LogP contribution >= 0.6 is 25.3 Å². The molecule has 5 aromatic carbocycles. The van der Waals surface area contributed by atoms with Crippen LogP contribution in [0.3, 0.4) is 0 Å². The molecule has 0 aromatic heterocycles. The fourth-order valence-electron chi connectivity index (χ4n) is 11.5. The van der Waals surface area contributed by atoms with Gasteiger partial charge in [0.1, 0.15) is 11.5 Å². The maximum absolute atomic E-state index is 7.44. The summed E-state index contributed by atoms with van der Waals surface area (Å²) in [7, 11) is 0. The number of unbranched alkanes of at least 4 members (excludes halogenated alkanes) is 16. The van der Waals surface area contributed by atoms with Crippen LogP contribution in [0.4, 0.5) is 0 Å². The molecular weight excluding hydrogens is 769 g/mol. The van der Waals surface area contributed by atoms with Gasteiger partial charge in [-0.2, -0.15) is 25.3 Å². The Hall–Kier alpha value is -3.60. The van der Waals surface area contributed by atoms with Crippen molar-refractivity contribution in [1.29, 1.82) is 0 Å². The zero-order chi connectivity index (χ0) is 40.7. The molecule has 6 aliphatic carbocycles. The van der Waals surface area contributed by atoms with Crippen molar-refractivity contribution in [1.82, 2.24) is 0 Å². The second-order valence-electron chi connectivity index (χ2n) is 18.1. The Bertz CT molecular complexity index is 1850. The minimum absolute atomic E-state index is 0.112. The highest BCUT2D eigenvalue weighted by Crippen LogP contribution is 2.67. The number of benzene rings is 5. The first-order valence-corrected chi connectivity index (χ1v) is 25.2. The van der Waals surface area contributed by atoms with E-state index in [2.05, 4.69) is 122 Å². The molecule has 0 fully saturated rings. The molecule has 4 bridgehead atoms. The monoisotopic (exact) mass is 834 g/mol. The van der Waals surface area contributed by atoms with Gasteiger partial charge in [-0.1, -0.05) is 187 Å². The Morgan fingerprint density at radius 1 is 0.283 bits per heavy atom. The van der Waals surface area contributed by atoms with Crippen LogP contribution in [0, 0.1) is 0 Å². The molecule has 2 nitrogen and oxygen atoms in total. The second-order valence-corrected chi connectivity index (χ2v) is 19.0. The standard InChI is InChI=1S/C56H66O2S2/c59-37-25-13-9-5-1-3-7-11-23-35-57-55-51-47-39-27-15-19-31-43(39)49(44-32-20-16-28-40(44)47)53(51)56(58-36-24-12-8-4-2-6-10-14-26-38-60)54-50-45-33-21-17-29-41(45)48(52(54)55)42-30-18-22-34-46(42)50/h15-22,27-34,47-50,59-60H,1-14,23-26,35-38H2. The maximum atomic E-state index is 7.44. The average Bonchev–Trinajstić information content (AvgIpc) is 3.29. The number of rotatable bonds is 24. The topological polar surface area (TPSA) is 18.5 Å². The van der Waals surface area contributed by atoms with Gasteiger partial charge in [-0.3, -0.25) is 0 Å². The number of thiol groups is 2. The van der Waals surface area contributed by atoms with Gasteiger partial charge in [0.15, 0.2) is 0 Å². The molecule has 0 saturated carbocycles. The molecule has 0 amide bonds. The second kappa shape index (κ2) is 20.1. The molecule has 0 radical (unpaired) electrons. The van der Waals surface area contributed by atoms with Crippen LogP contribution in [-0.4, -0.2) is 24.7 Å². The zero-order valence-electron chi connectivity index (χ0n) is 35.8. The number of hydrogen-bond donors (Lipinski definition) is 2. The molecule has 60 heavy (non-hydrogen) atoms. The highest BCUT2D eigenvalue weighted by atomic mass is 32.1. The van der Waals surface area contributed by atoms with E-state index in [0.29, 0.717) is 0 Å². The molecule has 0 saturated heterocycles. The van der Waals surface area contributed by atoms with Gasteiger partial charge < -0.3 is 9.47 Å². The van der Waals surface area contributed by atoms with Crippen molar-refractivity contribution in [2.24, 2.45) is 0 Å². The number of hydrogen-bond acceptors (Lipinski definition) is 4. The summed E-state index contributed by atoms with van der Waals surface area (Å²) in [5.41, 5.74) is 17.0. The van der Waals surface area contributed by atoms with Gasteiger partial charge in [0.25, 0.3) is 0 Å². The van der Waals surface area contributed by atoms with Crippen molar-refractivity contribution in [2.45, 2.75) is 139 Å². The Morgan fingerprint density at radius 3 is 0.700 bits per heavy atom. The van der Waals surface area contributed by atoms with E-state index in [9.17, 15) is 0 Å². The fourth-order valence-corrected chi connectivity index (χ4v) is 12.0. The van der Waals surface area contributed by atoms with Crippen molar-refractivity contribution in [3.8, 4) is 11.5 Å². The fraction of sp³-hybridized carbons (Fsp3) is 0.464. The van der Waals surface area contributed by atoms with Crippen molar-refractivity contribution < 1.29 is 9.47 Å². The smallest absolute Gasteiger partial charge is 0.128 e. The van der Waals surface area contributed by atoms with Crippen LogP contribution in [0.15, 0.2) is 97.1 Å². The summed E-state index contributed by atoms with van der Waals surface area (Å²) in [6, 6.07) is 37.1. The lowest BCUT2D eigenvalue weighted by Crippen LogP contribution is -2.34. The molecule has 314 valence electrons. The van der Waals surface area contributed by atoms with Gasteiger partial charge in [0.2, 0.25) is 0 Å². The van der Waals surface area contributed by atoms with E-state index in [1.54, 1.807) is 0 Å². The van der Waals surface area contributed by atoms with Crippen molar-refractivity contribution in [3.63, 3.8) is 0 Å². The highest BCUT2D eigenvalue weighted by Gasteiger charge is 2.52. The van der Waals surface area contributed by atoms with E-state index >= 15 is 0 Å². The van der Waals surface area contributed by atoms with E-state index in [-0.39, 0.29) is 23.7 Å². The lowest BCUT2D eigenvalue weighted by Gasteiger charge is -2.49. The van der Waals surface area contributed by atoms with Crippen molar-refractivity contribution in [3.05, 3.63) is 164 Å². The summed E-state index contributed by atoms with van der Waals surface area (Å²) in [5, 5.41) is 0. The molecule has 0 heterocycles. The van der Waals surface area contributed by atoms with Crippen LogP contribution in [0.2, 0.25) is 0 Å². The summed E-state index contributed by atoms with van der Waals surface area (Å²) in [4.78, 5) is 0. The van der Waals surface area contributed by atoms with Gasteiger partial charge in [-0.05, 0) is 81.7 Å². The maximum Gasteiger partial charge on any atom is 0.128 e. The van der Waals surface area contributed by atoms with E-state index in [1.807, 2.05) is 0 Å². The van der Waals surface area contributed by atoms with Crippen LogP contribution in [0.5, 0.6) is 11.5 Å². The number of ether oxygens (including phenoxy) is 2. The normalized spacial score (nSPS) is 18.3. The summed E-state index contributed by atoms with van der Waals surface area (Å²) >= 11 is 8.78. The Labute approximate surface area is 372 Å². The first-order valence-electron chi connectivity index (χ1n) is 23.9. The Morgan fingerprint density at radius 2 is 0.483 bits per heavy atom. The third-order valence-corrected chi connectivity index (χ3v) is 14.9. The predicted octanol–water partition coefficient (Wildman–Crippen LogP) is 15.3. The summed E-state index contributed by atoms with van der Waals surface area (Å²) in [6.45, 7) is 1.50. The molecule has 0 aliphatic heterocycles. The van der Waals surface area contributed by atoms with Crippen molar-refractivity contribution in [2.75, 3.05) is 24.7 Å². The van der Waals surface area contributed by atoms with Gasteiger partial charge in [-0.25, -0.2) is 0 Å². The largest absolute Gasteiger partial charge is 0.493 e. The molecule has 0 spiro atoms. The molecule has 6 aliphatic rings. The van der Waals surface area contributed by atoms with Gasteiger partial charge in [0.05, 0.1) is 13.2 Å². The molecule has 0 atom stereocenters. The lowest BCUT2D eigenvalue weighted by molar-refractivity contribution is 0.281. The van der Waals surface area contributed by atoms with Crippen molar-refractivity contribution >= 4 is 25.3 Å². The van der Waals surface area contributed by atoms with E-state index < -0.39 is 0 Å². The quantitative estimate of drug-likeness (QED) is 0.0467. The third kappa shape index (κ3) is 8.10. The predicted molar refractivity (Wildman–Crippen MR) is 258 cm³/mol. The first-order chi connectivity index (χ1) is 29.8. The minimum atomic E-state index is 0.112. The lowest BCUT2D eigenvalue weighted by atomic mass is 9.55. The first kappa shape index (κ1) is 41.7. The summed E-state index contributed by atoms with van der Waals surface area (Å²) in [6.07, 6.45) is 23.0. The Kier molecular flexibility index (Phi) is 14.0. The molecular formula is C56H66O2S2.